The molecule has 0 aromatic heterocycles. The second-order valence-electron chi connectivity index (χ2n) is 4.21. The predicted molar refractivity (Wildman–Crippen MR) is 62.6 cm³/mol. The van der Waals surface area contributed by atoms with Crippen molar-refractivity contribution in [3.8, 4) is 0 Å². The fourth-order valence-corrected chi connectivity index (χ4v) is 1.36. The van der Waals surface area contributed by atoms with E-state index in [-0.39, 0.29) is 12.5 Å². The van der Waals surface area contributed by atoms with Gasteiger partial charge in [-0.05, 0) is 11.5 Å². The molecule has 92 valence electrons. The lowest BCUT2D eigenvalue weighted by atomic mass is 10.00. The third-order valence-corrected chi connectivity index (χ3v) is 2.17. The van der Waals surface area contributed by atoms with Gasteiger partial charge in [-0.25, -0.2) is 0 Å². The zero-order valence-electron chi connectivity index (χ0n) is 9.92. The SMILES string of the molecule is CC(C)COC(=O)[C@H](C(=O)O)c1ccccc1. The first kappa shape index (κ1) is 13.2. The summed E-state index contributed by atoms with van der Waals surface area (Å²) < 4.78 is 4.96. The van der Waals surface area contributed by atoms with E-state index in [9.17, 15) is 9.59 Å². The molecule has 1 aromatic carbocycles. The van der Waals surface area contributed by atoms with Gasteiger partial charge in [-0.15, -0.1) is 0 Å². The second-order valence-corrected chi connectivity index (χ2v) is 4.21. The number of rotatable bonds is 5. The molecule has 0 saturated carbocycles. The molecule has 4 nitrogen and oxygen atoms in total. The number of hydrogen-bond acceptors (Lipinski definition) is 3. The van der Waals surface area contributed by atoms with E-state index >= 15 is 0 Å². The minimum absolute atomic E-state index is 0.184. The molecule has 0 aliphatic carbocycles. The summed E-state index contributed by atoms with van der Waals surface area (Å²) in [5.74, 6) is -2.96. The van der Waals surface area contributed by atoms with Crippen molar-refractivity contribution in [3.05, 3.63) is 35.9 Å². The summed E-state index contributed by atoms with van der Waals surface area (Å²) in [5, 5.41) is 9.06. The average Bonchev–Trinajstić information content (AvgIpc) is 2.27. The van der Waals surface area contributed by atoms with Crippen molar-refractivity contribution >= 4 is 11.9 Å². The van der Waals surface area contributed by atoms with E-state index < -0.39 is 17.9 Å². The maximum atomic E-state index is 11.7. The number of carbonyl (C=O) groups excluding carboxylic acids is 1. The number of carboxylic acids is 1. The predicted octanol–water partition coefficient (Wildman–Crippen LogP) is 2.05. The van der Waals surface area contributed by atoms with E-state index in [1.807, 2.05) is 13.8 Å². The summed E-state index contributed by atoms with van der Waals surface area (Å²) in [5.41, 5.74) is 0.439. The molecule has 0 spiro atoms. The van der Waals surface area contributed by atoms with Crippen LogP contribution in [-0.4, -0.2) is 23.7 Å². The number of ether oxygens (including phenoxy) is 1. The Morgan fingerprint density at radius 1 is 1.24 bits per heavy atom. The van der Waals surface area contributed by atoms with Crippen molar-refractivity contribution in [2.75, 3.05) is 6.61 Å². The monoisotopic (exact) mass is 236 g/mol. The largest absolute Gasteiger partial charge is 0.480 e. The van der Waals surface area contributed by atoms with Crippen molar-refractivity contribution in [2.24, 2.45) is 5.92 Å². The molecule has 0 unspecified atom stereocenters. The first-order chi connectivity index (χ1) is 8.02. The number of carboxylic acid groups (broad SMARTS) is 1. The summed E-state index contributed by atoms with van der Waals surface area (Å²) in [4.78, 5) is 22.8. The molecule has 0 radical (unpaired) electrons. The van der Waals surface area contributed by atoms with E-state index in [1.165, 1.54) is 0 Å². The molecule has 0 fully saturated rings. The van der Waals surface area contributed by atoms with Gasteiger partial charge in [0.05, 0.1) is 6.61 Å². The minimum atomic E-state index is -1.24. The summed E-state index contributed by atoms with van der Waals surface area (Å²) in [6.45, 7) is 4.02. The standard InChI is InChI=1S/C13H16O4/c1-9(2)8-17-13(16)11(12(14)15)10-6-4-3-5-7-10/h3-7,9,11H,8H2,1-2H3,(H,14,15)/t11-/m0/s1. The van der Waals surface area contributed by atoms with Crippen molar-refractivity contribution in [1.29, 1.82) is 0 Å². The van der Waals surface area contributed by atoms with Gasteiger partial charge in [0.15, 0.2) is 5.92 Å². The zero-order chi connectivity index (χ0) is 12.8. The lowest BCUT2D eigenvalue weighted by molar-refractivity contribution is -0.154. The van der Waals surface area contributed by atoms with Crippen LogP contribution in [0.25, 0.3) is 0 Å². The number of carbonyl (C=O) groups is 2. The Morgan fingerprint density at radius 2 is 1.82 bits per heavy atom. The highest BCUT2D eigenvalue weighted by Crippen LogP contribution is 2.17. The maximum absolute atomic E-state index is 11.7. The fraction of sp³-hybridized carbons (Fsp3) is 0.385. The molecule has 0 bridgehead atoms. The molecule has 1 N–H and O–H groups in total. The third kappa shape index (κ3) is 3.90. The Kier molecular flexibility index (Phi) is 4.69. The van der Waals surface area contributed by atoms with Gasteiger partial charge in [0, 0.05) is 0 Å². The molecule has 0 saturated heterocycles. The van der Waals surface area contributed by atoms with Gasteiger partial charge < -0.3 is 9.84 Å². The van der Waals surface area contributed by atoms with Crippen LogP contribution in [-0.2, 0) is 14.3 Å². The molecule has 1 atom stereocenters. The van der Waals surface area contributed by atoms with Gasteiger partial charge in [-0.1, -0.05) is 44.2 Å². The van der Waals surface area contributed by atoms with Crippen LogP contribution < -0.4 is 0 Å². The Morgan fingerprint density at radius 3 is 2.29 bits per heavy atom. The molecule has 0 aliphatic rings. The van der Waals surface area contributed by atoms with E-state index in [0.717, 1.165) is 0 Å². The molecule has 17 heavy (non-hydrogen) atoms. The number of hydrogen-bond donors (Lipinski definition) is 1. The van der Waals surface area contributed by atoms with E-state index in [0.29, 0.717) is 5.56 Å². The van der Waals surface area contributed by atoms with Crippen LogP contribution in [0.3, 0.4) is 0 Å². The van der Waals surface area contributed by atoms with Crippen LogP contribution in [0, 0.1) is 5.92 Å². The van der Waals surface area contributed by atoms with Crippen LogP contribution in [0.1, 0.15) is 25.3 Å². The molecular formula is C13H16O4. The van der Waals surface area contributed by atoms with Crippen LogP contribution in [0.5, 0.6) is 0 Å². The second kappa shape index (κ2) is 6.03. The smallest absolute Gasteiger partial charge is 0.324 e. The molecule has 1 rings (SSSR count). The summed E-state index contributed by atoms with van der Waals surface area (Å²) in [6.07, 6.45) is 0. The zero-order valence-corrected chi connectivity index (χ0v) is 9.92. The highest BCUT2D eigenvalue weighted by Gasteiger charge is 2.29. The van der Waals surface area contributed by atoms with Gasteiger partial charge in [0.25, 0.3) is 0 Å². The topological polar surface area (TPSA) is 63.6 Å². The fourth-order valence-electron chi connectivity index (χ4n) is 1.36. The number of esters is 1. The van der Waals surface area contributed by atoms with E-state index in [1.54, 1.807) is 30.3 Å². The maximum Gasteiger partial charge on any atom is 0.324 e. The first-order valence-corrected chi connectivity index (χ1v) is 5.46. The van der Waals surface area contributed by atoms with Crippen LogP contribution in [0.2, 0.25) is 0 Å². The normalized spacial score (nSPS) is 12.2. The van der Waals surface area contributed by atoms with Gasteiger partial charge in [-0.3, -0.25) is 9.59 Å². The number of aliphatic carboxylic acids is 1. The third-order valence-electron chi connectivity index (χ3n) is 2.17. The van der Waals surface area contributed by atoms with Gasteiger partial charge in [0.2, 0.25) is 0 Å². The van der Waals surface area contributed by atoms with Crippen molar-refractivity contribution in [1.82, 2.24) is 0 Å². The van der Waals surface area contributed by atoms with Crippen molar-refractivity contribution in [3.63, 3.8) is 0 Å². The van der Waals surface area contributed by atoms with Crippen LogP contribution in [0.4, 0.5) is 0 Å². The highest BCUT2D eigenvalue weighted by molar-refractivity contribution is 5.99. The highest BCUT2D eigenvalue weighted by atomic mass is 16.5. The Hall–Kier alpha value is -1.84. The van der Waals surface area contributed by atoms with Gasteiger partial charge in [0.1, 0.15) is 0 Å². The molecule has 4 heteroatoms. The Labute approximate surface area is 100 Å². The minimum Gasteiger partial charge on any atom is -0.480 e. The molecule has 0 amide bonds. The first-order valence-electron chi connectivity index (χ1n) is 5.46. The quantitative estimate of drug-likeness (QED) is 0.627. The Bertz CT molecular complexity index is 384. The lowest BCUT2D eigenvalue weighted by Crippen LogP contribution is -2.25. The number of benzene rings is 1. The van der Waals surface area contributed by atoms with Crippen LogP contribution >= 0.6 is 0 Å². The van der Waals surface area contributed by atoms with Crippen LogP contribution in [0.15, 0.2) is 30.3 Å². The lowest BCUT2D eigenvalue weighted by Gasteiger charge is -2.13. The molecule has 0 aliphatic heterocycles. The van der Waals surface area contributed by atoms with Gasteiger partial charge >= 0.3 is 11.9 Å². The van der Waals surface area contributed by atoms with Crippen molar-refractivity contribution < 1.29 is 19.4 Å². The van der Waals surface area contributed by atoms with E-state index in [4.69, 9.17) is 9.84 Å². The molecule has 1 aromatic rings. The molecule has 0 heterocycles. The summed E-state index contributed by atoms with van der Waals surface area (Å²) in [7, 11) is 0. The van der Waals surface area contributed by atoms with E-state index in [2.05, 4.69) is 0 Å². The van der Waals surface area contributed by atoms with Crippen molar-refractivity contribution in [2.45, 2.75) is 19.8 Å². The summed E-state index contributed by atoms with van der Waals surface area (Å²) in [6, 6.07) is 8.37. The summed E-state index contributed by atoms with van der Waals surface area (Å²) >= 11 is 0. The average molecular weight is 236 g/mol. The van der Waals surface area contributed by atoms with Gasteiger partial charge in [-0.2, -0.15) is 0 Å². The Balaban J connectivity index is 2.80. The molecular weight excluding hydrogens is 220 g/mol.